The molecule has 1 atom stereocenters. The largest absolute Gasteiger partial charge is 0.387 e. The van der Waals surface area contributed by atoms with Crippen LogP contribution in [-0.4, -0.2) is 35.0 Å². The molecule has 1 heterocycles. The topological polar surface area (TPSA) is 69.6 Å². The van der Waals surface area contributed by atoms with E-state index in [0.717, 1.165) is 4.90 Å². The fraction of sp³-hybridized carbons (Fsp3) is 0.273. The van der Waals surface area contributed by atoms with E-state index in [9.17, 15) is 14.7 Å². The number of hydrogen-bond donors (Lipinski definition) is 2. The zero-order valence-corrected chi connectivity index (χ0v) is 8.59. The Balaban J connectivity index is 2.05. The first-order valence-corrected chi connectivity index (χ1v) is 4.99. The van der Waals surface area contributed by atoms with Gasteiger partial charge in [0.1, 0.15) is 0 Å². The van der Waals surface area contributed by atoms with Crippen LogP contribution in [0.2, 0.25) is 0 Å². The Hall–Kier alpha value is -1.88. The van der Waals surface area contributed by atoms with Crippen LogP contribution in [-0.2, 0) is 4.79 Å². The highest BCUT2D eigenvalue weighted by Gasteiger charge is 2.30. The van der Waals surface area contributed by atoms with E-state index in [-0.39, 0.29) is 19.0 Å². The first kappa shape index (κ1) is 10.6. The number of rotatable bonds is 3. The molecule has 1 aromatic rings. The van der Waals surface area contributed by atoms with Crippen molar-refractivity contribution in [3.63, 3.8) is 0 Å². The molecule has 0 spiro atoms. The molecule has 1 aliphatic heterocycles. The summed E-state index contributed by atoms with van der Waals surface area (Å²) < 4.78 is 0. The minimum atomic E-state index is -0.839. The maximum absolute atomic E-state index is 11.3. The molecule has 0 aromatic heterocycles. The average Bonchev–Trinajstić information content (AvgIpc) is 2.62. The first-order chi connectivity index (χ1) is 7.68. The van der Waals surface area contributed by atoms with E-state index in [1.54, 1.807) is 24.3 Å². The van der Waals surface area contributed by atoms with Gasteiger partial charge in [0.25, 0.3) is 0 Å². The minimum Gasteiger partial charge on any atom is -0.387 e. The van der Waals surface area contributed by atoms with Gasteiger partial charge >= 0.3 is 6.03 Å². The van der Waals surface area contributed by atoms with E-state index in [1.165, 1.54) is 0 Å². The number of nitrogens with zero attached hydrogens (tertiary/aromatic N) is 1. The van der Waals surface area contributed by atoms with Gasteiger partial charge in [-0.15, -0.1) is 0 Å². The smallest absolute Gasteiger partial charge is 0.324 e. The summed E-state index contributed by atoms with van der Waals surface area (Å²) in [7, 11) is 0. The molecule has 2 rings (SSSR count). The van der Waals surface area contributed by atoms with Gasteiger partial charge in [-0.1, -0.05) is 30.3 Å². The summed E-state index contributed by atoms with van der Waals surface area (Å²) in [6.07, 6.45) is -0.839. The summed E-state index contributed by atoms with van der Waals surface area (Å²) in [6, 6.07) is 8.49. The summed E-state index contributed by atoms with van der Waals surface area (Å²) in [5, 5.41) is 12.2. The van der Waals surface area contributed by atoms with Crippen LogP contribution in [0.1, 0.15) is 11.7 Å². The van der Waals surface area contributed by atoms with Crippen LogP contribution in [0.15, 0.2) is 30.3 Å². The molecule has 1 aromatic carbocycles. The van der Waals surface area contributed by atoms with Crippen molar-refractivity contribution in [1.82, 2.24) is 10.2 Å². The van der Waals surface area contributed by atoms with E-state index < -0.39 is 12.1 Å². The summed E-state index contributed by atoms with van der Waals surface area (Å²) in [5.41, 5.74) is 0.690. The molecule has 0 bridgehead atoms. The van der Waals surface area contributed by atoms with Crippen molar-refractivity contribution in [2.75, 3.05) is 13.1 Å². The molecule has 0 saturated carbocycles. The number of urea groups is 1. The Morgan fingerprint density at radius 1 is 1.31 bits per heavy atom. The minimum absolute atomic E-state index is 0.00528. The maximum Gasteiger partial charge on any atom is 0.324 e. The second-order valence-electron chi connectivity index (χ2n) is 3.59. The zero-order valence-electron chi connectivity index (χ0n) is 8.59. The SMILES string of the molecule is O=C1CNC(=O)N1CC(O)c1ccccc1. The molecule has 84 valence electrons. The number of carbonyl (C=O) groups is 2. The predicted molar refractivity (Wildman–Crippen MR) is 56.5 cm³/mol. The number of aliphatic hydroxyl groups is 1. The Morgan fingerprint density at radius 2 is 2.00 bits per heavy atom. The van der Waals surface area contributed by atoms with Crippen molar-refractivity contribution in [1.29, 1.82) is 0 Å². The van der Waals surface area contributed by atoms with Crippen LogP contribution in [0.5, 0.6) is 0 Å². The van der Waals surface area contributed by atoms with Gasteiger partial charge in [-0.25, -0.2) is 4.79 Å². The lowest BCUT2D eigenvalue weighted by atomic mass is 10.1. The van der Waals surface area contributed by atoms with Gasteiger partial charge in [0, 0.05) is 0 Å². The molecule has 5 heteroatoms. The molecule has 3 amide bonds. The monoisotopic (exact) mass is 220 g/mol. The summed E-state index contributed by atoms with van der Waals surface area (Å²) >= 11 is 0. The highest BCUT2D eigenvalue weighted by molar-refractivity contribution is 6.01. The Bertz CT molecular complexity index is 389. The Labute approximate surface area is 92.7 Å². The maximum atomic E-state index is 11.3. The number of nitrogens with one attached hydrogen (secondary N) is 1. The van der Waals surface area contributed by atoms with E-state index >= 15 is 0 Å². The normalized spacial score (nSPS) is 17.4. The van der Waals surface area contributed by atoms with E-state index in [2.05, 4.69) is 5.32 Å². The quantitative estimate of drug-likeness (QED) is 0.718. The van der Waals surface area contributed by atoms with Gasteiger partial charge in [-0.2, -0.15) is 0 Å². The molecule has 2 N–H and O–H groups in total. The van der Waals surface area contributed by atoms with Gasteiger partial charge in [0.15, 0.2) is 0 Å². The second kappa shape index (κ2) is 4.32. The molecule has 16 heavy (non-hydrogen) atoms. The van der Waals surface area contributed by atoms with Crippen molar-refractivity contribution in [3.05, 3.63) is 35.9 Å². The van der Waals surface area contributed by atoms with Crippen LogP contribution in [0.25, 0.3) is 0 Å². The van der Waals surface area contributed by atoms with Crippen LogP contribution >= 0.6 is 0 Å². The number of carbonyl (C=O) groups excluding carboxylic acids is 2. The van der Waals surface area contributed by atoms with Crippen molar-refractivity contribution < 1.29 is 14.7 Å². The zero-order chi connectivity index (χ0) is 11.5. The van der Waals surface area contributed by atoms with E-state index in [0.29, 0.717) is 5.56 Å². The van der Waals surface area contributed by atoms with Crippen LogP contribution < -0.4 is 5.32 Å². The molecule has 1 saturated heterocycles. The van der Waals surface area contributed by atoms with Gasteiger partial charge < -0.3 is 10.4 Å². The second-order valence-corrected chi connectivity index (χ2v) is 3.59. The van der Waals surface area contributed by atoms with Crippen LogP contribution in [0.4, 0.5) is 4.79 Å². The van der Waals surface area contributed by atoms with Crippen molar-refractivity contribution in [2.45, 2.75) is 6.10 Å². The fourth-order valence-electron chi connectivity index (χ4n) is 1.59. The van der Waals surface area contributed by atoms with Gasteiger partial charge in [-0.05, 0) is 5.56 Å². The molecular formula is C11H12N2O3. The summed E-state index contributed by atoms with van der Waals surface area (Å²) in [4.78, 5) is 23.5. The lowest BCUT2D eigenvalue weighted by Crippen LogP contribution is -2.34. The number of aliphatic hydroxyl groups excluding tert-OH is 1. The predicted octanol–water partition coefficient (Wildman–Crippen LogP) is 0.272. The van der Waals surface area contributed by atoms with Crippen molar-refractivity contribution >= 4 is 11.9 Å². The molecule has 1 aliphatic rings. The molecule has 5 nitrogen and oxygen atoms in total. The van der Waals surface area contributed by atoms with Gasteiger partial charge in [0.05, 0.1) is 19.2 Å². The third-order valence-electron chi connectivity index (χ3n) is 2.48. The lowest BCUT2D eigenvalue weighted by molar-refractivity contribution is -0.126. The molecular weight excluding hydrogens is 208 g/mol. The van der Waals surface area contributed by atoms with Crippen molar-refractivity contribution in [3.8, 4) is 0 Å². The third-order valence-corrected chi connectivity index (χ3v) is 2.48. The fourth-order valence-corrected chi connectivity index (χ4v) is 1.59. The molecule has 0 aliphatic carbocycles. The number of hydrogen-bond acceptors (Lipinski definition) is 3. The van der Waals surface area contributed by atoms with Gasteiger partial charge in [0.2, 0.25) is 5.91 Å². The molecule has 1 unspecified atom stereocenters. The highest BCUT2D eigenvalue weighted by Crippen LogP contribution is 2.14. The summed E-state index contributed by atoms with van der Waals surface area (Å²) in [6.45, 7) is 0.00895. The molecule has 0 radical (unpaired) electrons. The highest BCUT2D eigenvalue weighted by atomic mass is 16.3. The molecule has 1 fully saturated rings. The average molecular weight is 220 g/mol. The lowest BCUT2D eigenvalue weighted by Gasteiger charge is -2.17. The number of β-amino-alcohol motifs (C(OH)–C–C–N with tert-alkyl or cyclic N) is 1. The standard InChI is InChI=1S/C11H12N2O3/c14-9(8-4-2-1-3-5-8)7-13-10(15)6-12-11(13)16/h1-5,9,14H,6-7H2,(H,12,16). The Morgan fingerprint density at radius 3 is 2.56 bits per heavy atom. The van der Waals surface area contributed by atoms with Crippen molar-refractivity contribution in [2.24, 2.45) is 0 Å². The van der Waals surface area contributed by atoms with Crippen LogP contribution in [0.3, 0.4) is 0 Å². The number of amides is 3. The third kappa shape index (κ3) is 2.04. The van der Waals surface area contributed by atoms with E-state index in [1.807, 2.05) is 6.07 Å². The first-order valence-electron chi connectivity index (χ1n) is 4.99. The number of benzene rings is 1. The summed E-state index contributed by atoms with van der Waals surface area (Å²) in [5.74, 6) is -0.306. The van der Waals surface area contributed by atoms with E-state index in [4.69, 9.17) is 0 Å². The Kier molecular flexibility index (Phi) is 2.87. The van der Waals surface area contributed by atoms with Gasteiger partial charge in [-0.3, -0.25) is 9.69 Å². The number of imide groups is 1. The van der Waals surface area contributed by atoms with Crippen LogP contribution in [0, 0.1) is 0 Å².